The molecule has 97 heavy (non-hydrogen) atoms. The van der Waals surface area contributed by atoms with E-state index in [1.165, 1.54) is 0 Å². The Labute approximate surface area is 563 Å². The Balaban J connectivity index is 0.832. The first-order valence-electron chi connectivity index (χ1n) is 33.0. The highest BCUT2D eigenvalue weighted by atomic mass is 16.5. The minimum Gasteiger partial charge on any atom is -0.458 e. The molecule has 0 bridgehead atoms. The molecule has 0 saturated carbocycles. The standard InChI is InChI=1S/C85H55B3N4O5/c1-54-26-20-23-41-70(54)92-71-52-75-67(86-64-39-21-24-42-73(64)93-79-46-62(48-81(95-75)84(79)86)90(57-31-12-4-13-32-57)58-33-14-5-15-34-58)50-66(71)88-69-51-68-76(53-77(69)96-78-45-61(44-72(92)83(78)88)89(55-27-8-2-9-28-55)56-29-10-3-11-30-56)97-82-49-63(47-80-85(82)87(68)65-40-22-25-43-74(65)94-80)91(59-35-16-6-17-36-59)60-37-18-7-19-38-60/h2-53H,1H3. The van der Waals surface area contributed by atoms with Gasteiger partial charge in [0.2, 0.25) is 0 Å². The van der Waals surface area contributed by atoms with E-state index in [2.05, 4.69) is 330 Å². The van der Waals surface area contributed by atoms with E-state index in [0.717, 1.165) is 169 Å². The molecule has 6 aliphatic rings. The number of anilines is 12. The number of hydrogen-bond donors (Lipinski definition) is 0. The van der Waals surface area contributed by atoms with E-state index in [4.69, 9.17) is 23.7 Å². The molecular weight excluding hydrogens is 1190 g/mol. The summed E-state index contributed by atoms with van der Waals surface area (Å²) in [5.41, 5.74) is 22.3. The van der Waals surface area contributed by atoms with Gasteiger partial charge >= 0.3 is 0 Å². The first-order chi connectivity index (χ1) is 48.0. The molecule has 0 fully saturated rings. The summed E-state index contributed by atoms with van der Waals surface area (Å²) in [5, 5.41) is 0. The third-order valence-electron chi connectivity index (χ3n) is 20.0. The van der Waals surface area contributed by atoms with Crippen LogP contribution in [0.1, 0.15) is 5.56 Å². The van der Waals surface area contributed by atoms with E-state index in [-0.39, 0.29) is 20.1 Å². The Kier molecular flexibility index (Phi) is 12.3. The highest BCUT2D eigenvalue weighted by Crippen LogP contribution is 2.51. The van der Waals surface area contributed by atoms with Gasteiger partial charge in [0.1, 0.15) is 57.5 Å². The molecule has 6 aliphatic heterocycles. The molecule has 14 aromatic carbocycles. The summed E-state index contributed by atoms with van der Waals surface area (Å²) >= 11 is 0. The highest BCUT2D eigenvalue weighted by molar-refractivity contribution is 7.03. The van der Waals surface area contributed by atoms with Gasteiger partial charge in [-0.1, -0.05) is 176 Å². The van der Waals surface area contributed by atoms with Gasteiger partial charge in [-0.25, -0.2) is 0 Å². The maximum absolute atomic E-state index is 7.68. The molecule has 0 aliphatic carbocycles. The minimum atomic E-state index is -0.358. The zero-order valence-corrected chi connectivity index (χ0v) is 52.6. The number of fused-ring (bicyclic) bond motifs is 12. The molecule has 0 N–H and O–H groups in total. The van der Waals surface area contributed by atoms with Gasteiger partial charge in [-0.2, -0.15) is 0 Å². The van der Waals surface area contributed by atoms with Crippen LogP contribution in [0, 0.1) is 6.92 Å². The van der Waals surface area contributed by atoms with E-state index >= 15 is 0 Å². The second-order valence-electron chi connectivity index (χ2n) is 25.5. The summed E-state index contributed by atoms with van der Waals surface area (Å²) in [6, 6.07) is 111. The van der Waals surface area contributed by atoms with Crippen LogP contribution in [0.4, 0.5) is 68.2 Å². The highest BCUT2D eigenvalue weighted by Gasteiger charge is 2.49. The van der Waals surface area contributed by atoms with E-state index in [0.29, 0.717) is 11.5 Å². The lowest BCUT2D eigenvalue weighted by molar-refractivity contribution is 0.456. The molecule has 12 heteroatoms. The fourth-order valence-corrected chi connectivity index (χ4v) is 15.9. The first-order valence-corrected chi connectivity index (χ1v) is 33.0. The fraction of sp³-hybridized carbons (Fsp3) is 0.0118. The zero-order valence-electron chi connectivity index (χ0n) is 52.6. The molecule has 0 saturated heterocycles. The van der Waals surface area contributed by atoms with Crippen LogP contribution < -0.4 is 92.4 Å². The number of aryl methyl sites for hydroxylation is 1. The Morgan fingerprint density at radius 1 is 0.216 bits per heavy atom. The molecule has 0 atom stereocenters. The Morgan fingerprint density at radius 3 is 0.928 bits per heavy atom. The van der Waals surface area contributed by atoms with Gasteiger partial charge in [0.05, 0.1) is 17.1 Å². The average Bonchev–Trinajstić information content (AvgIpc) is 0.701. The van der Waals surface area contributed by atoms with Gasteiger partial charge < -0.3 is 43.3 Å². The van der Waals surface area contributed by atoms with Gasteiger partial charge in [-0.3, -0.25) is 0 Å². The van der Waals surface area contributed by atoms with Crippen molar-refractivity contribution >= 4 is 138 Å². The van der Waals surface area contributed by atoms with Crippen molar-refractivity contribution in [2.45, 2.75) is 6.92 Å². The number of nitrogens with zero attached hydrogens (tertiary/aromatic N) is 4. The molecule has 0 spiro atoms. The van der Waals surface area contributed by atoms with Gasteiger partial charge in [0, 0.05) is 105 Å². The summed E-state index contributed by atoms with van der Waals surface area (Å²) in [4.78, 5) is 9.32. The van der Waals surface area contributed by atoms with Gasteiger partial charge in [-0.15, -0.1) is 0 Å². The van der Waals surface area contributed by atoms with Crippen molar-refractivity contribution in [2.75, 3.05) is 19.6 Å². The SMILES string of the molecule is Cc1ccccc1N1c2cc3c(cc2B2c4cc5c(cc4Oc4cc(N(c6ccccc6)c6ccccc6)cc1c42)Oc1cc(N(c2ccccc2)c2ccccc2)cc2c1B5c1ccccc1O2)B1c2ccccc2Oc2cc(N(c4ccccc4)c4ccccc4)cc(c21)O3. The Morgan fingerprint density at radius 2 is 0.526 bits per heavy atom. The predicted molar refractivity (Wildman–Crippen MR) is 396 cm³/mol. The molecule has 20 rings (SSSR count). The van der Waals surface area contributed by atoms with E-state index in [9.17, 15) is 0 Å². The summed E-state index contributed by atoms with van der Waals surface area (Å²) in [6.07, 6.45) is 0. The minimum absolute atomic E-state index is 0.254. The Hall–Kier alpha value is -12.5. The lowest BCUT2D eigenvalue weighted by atomic mass is 9.30. The third-order valence-corrected chi connectivity index (χ3v) is 20.0. The first kappa shape index (κ1) is 55.0. The number of hydrogen-bond acceptors (Lipinski definition) is 9. The maximum atomic E-state index is 7.68. The summed E-state index contributed by atoms with van der Waals surface area (Å²) in [5.74, 6) is 7.50. The lowest BCUT2D eigenvalue weighted by Crippen LogP contribution is -2.64. The van der Waals surface area contributed by atoms with E-state index < -0.39 is 0 Å². The van der Waals surface area contributed by atoms with Crippen molar-refractivity contribution in [2.24, 2.45) is 0 Å². The van der Waals surface area contributed by atoms with Crippen molar-refractivity contribution in [1.29, 1.82) is 0 Å². The molecule has 0 amide bonds. The quantitative estimate of drug-likeness (QED) is 0.125. The van der Waals surface area contributed by atoms with Crippen LogP contribution >= 0.6 is 0 Å². The average molecular weight is 1240 g/mol. The number of benzene rings is 14. The van der Waals surface area contributed by atoms with Crippen molar-refractivity contribution in [1.82, 2.24) is 0 Å². The summed E-state index contributed by atoms with van der Waals surface area (Å²) in [6.45, 7) is 1.34. The van der Waals surface area contributed by atoms with Crippen LogP contribution in [-0.4, -0.2) is 20.1 Å². The molecule has 14 aromatic rings. The molecule has 0 aromatic heterocycles. The second kappa shape index (κ2) is 21.8. The van der Waals surface area contributed by atoms with Gasteiger partial charge in [0.25, 0.3) is 20.1 Å². The van der Waals surface area contributed by atoms with E-state index in [1.807, 2.05) is 12.1 Å². The summed E-state index contributed by atoms with van der Waals surface area (Å²) in [7, 11) is 0. The maximum Gasteiger partial charge on any atom is 0.260 e. The molecule has 0 unspecified atom stereocenters. The third kappa shape index (κ3) is 8.69. The van der Waals surface area contributed by atoms with Crippen molar-refractivity contribution in [3.63, 3.8) is 0 Å². The van der Waals surface area contributed by atoms with E-state index in [1.54, 1.807) is 0 Å². The van der Waals surface area contributed by atoms with Crippen molar-refractivity contribution in [3.05, 3.63) is 321 Å². The molecule has 6 heterocycles. The fourth-order valence-electron chi connectivity index (χ4n) is 15.9. The van der Waals surface area contributed by atoms with Crippen molar-refractivity contribution < 1.29 is 23.7 Å². The largest absolute Gasteiger partial charge is 0.458 e. The summed E-state index contributed by atoms with van der Waals surface area (Å²) < 4.78 is 36.8. The van der Waals surface area contributed by atoms with Crippen molar-refractivity contribution in [3.8, 4) is 57.5 Å². The van der Waals surface area contributed by atoms with Gasteiger partial charge in [0.15, 0.2) is 0 Å². The molecule has 0 radical (unpaired) electrons. The second-order valence-corrected chi connectivity index (χ2v) is 25.5. The number of ether oxygens (including phenoxy) is 5. The molecule has 9 nitrogen and oxygen atoms in total. The lowest BCUT2D eigenvalue weighted by Gasteiger charge is -2.43. The number of rotatable bonds is 10. The zero-order chi connectivity index (χ0) is 63.8. The monoisotopic (exact) mass is 1240 g/mol. The van der Waals surface area contributed by atoms with Crippen LogP contribution in [0.15, 0.2) is 315 Å². The van der Waals surface area contributed by atoms with Gasteiger partial charge in [-0.05, 0) is 148 Å². The Bertz CT molecular complexity index is 5400. The molecule has 454 valence electrons. The van der Waals surface area contributed by atoms with Crippen LogP contribution in [0.25, 0.3) is 0 Å². The predicted octanol–water partition coefficient (Wildman–Crippen LogP) is 16.3. The number of para-hydroxylation sites is 9. The van der Waals surface area contributed by atoms with Crippen LogP contribution in [-0.2, 0) is 0 Å². The smallest absolute Gasteiger partial charge is 0.260 e. The topological polar surface area (TPSA) is 59.1 Å². The normalized spacial score (nSPS) is 13.1. The van der Waals surface area contributed by atoms with Crippen LogP contribution in [0.2, 0.25) is 0 Å². The molecular formula is C85H55B3N4O5. The van der Waals surface area contributed by atoms with Crippen LogP contribution in [0.3, 0.4) is 0 Å². The van der Waals surface area contributed by atoms with Crippen LogP contribution in [0.5, 0.6) is 57.5 Å².